The number of amides is 9. The first-order valence-corrected chi connectivity index (χ1v) is 33.7. The fraction of sp³-hybridized carbons (Fsp3) is 0.325. The number of aromatic nitrogens is 2. The molecule has 2 aromatic heterocycles. The van der Waals surface area contributed by atoms with E-state index in [2.05, 4.69) is 101 Å². The van der Waals surface area contributed by atoms with Gasteiger partial charge in [-0.1, -0.05) is 26.0 Å². The molecule has 4 aromatic carbocycles. The number of methoxy groups -OCH3 is 1. The van der Waals surface area contributed by atoms with E-state index in [1.807, 2.05) is 63.3 Å². The third kappa shape index (κ3) is 55.1. The number of rotatable bonds is 27. The van der Waals surface area contributed by atoms with Crippen LogP contribution in [0, 0.1) is 135 Å². The van der Waals surface area contributed by atoms with E-state index in [1.54, 1.807) is 25.7 Å². The van der Waals surface area contributed by atoms with E-state index in [-0.39, 0.29) is 106 Å². The molecular weight excluding hydrogens is 1590 g/mol. The van der Waals surface area contributed by atoms with Gasteiger partial charge in [0.1, 0.15) is 11.6 Å². The molecule has 630 valence electrons. The van der Waals surface area contributed by atoms with Crippen LogP contribution in [-0.4, -0.2) is 155 Å². The Morgan fingerprint density at radius 2 is 0.723 bits per heavy atom. The van der Waals surface area contributed by atoms with Crippen molar-refractivity contribution in [2.45, 2.75) is 73.0 Å². The number of hydrogen-bond donors (Lipinski definition) is 9. The smallest absolute Gasteiger partial charge is 0.300 e. The molecule has 0 spiro atoms. The zero-order valence-corrected chi connectivity index (χ0v) is 64.2. The van der Waals surface area contributed by atoms with Gasteiger partial charge in [-0.3, -0.25) is 53.1 Å². The third-order valence-corrected chi connectivity index (χ3v) is 12.5. The van der Waals surface area contributed by atoms with Gasteiger partial charge < -0.3 is 96.2 Å². The summed E-state index contributed by atoms with van der Waals surface area (Å²) >= 11 is 0. The molecule has 0 saturated carbocycles. The Morgan fingerprint density at radius 3 is 1.15 bits per heavy atom. The zero-order chi connectivity index (χ0) is 90.6. The van der Waals surface area contributed by atoms with E-state index in [1.165, 1.54) is 6.07 Å². The van der Waals surface area contributed by atoms with E-state index in [0.717, 1.165) is 29.5 Å². The molecule has 6 aromatic rings. The Bertz CT molecular complexity index is 4570. The minimum atomic E-state index is -1.56. The second-order valence-corrected chi connectivity index (χ2v) is 22.8. The summed E-state index contributed by atoms with van der Waals surface area (Å²) in [5, 5.41) is 21.6. The molecule has 30 nitrogen and oxygen atoms in total. The summed E-state index contributed by atoms with van der Waals surface area (Å²) in [6, 6.07) is 15.2. The van der Waals surface area contributed by atoms with Crippen LogP contribution in [0.5, 0.6) is 0 Å². The first-order valence-electron chi connectivity index (χ1n) is 33.7. The van der Waals surface area contributed by atoms with Crippen molar-refractivity contribution in [3.63, 3.8) is 0 Å². The van der Waals surface area contributed by atoms with Gasteiger partial charge in [0.15, 0.2) is 58.2 Å². The largest absolute Gasteiger partial charge is 0.383 e. The summed E-state index contributed by atoms with van der Waals surface area (Å²) < 4.78 is 159. The van der Waals surface area contributed by atoms with Crippen molar-refractivity contribution in [3.05, 3.63) is 304 Å². The van der Waals surface area contributed by atoms with Crippen LogP contribution in [0.4, 0.5) is 52.7 Å². The molecule has 0 fully saturated rings. The predicted octanol–water partition coefficient (Wildman–Crippen LogP) is 8.57. The molecule has 0 bridgehead atoms. The fourth-order valence-electron chi connectivity index (χ4n) is 7.09. The van der Waals surface area contributed by atoms with Gasteiger partial charge in [-0.25, -0.2) is 112 Å². The standard InChI is InChI=1S/C10H6F4N2O.2C10H7F3N2O.C10H8F2N2O.2C9H9N3O.C7H12N2O.C6H10N2O2.C6H10N2O/c1-15-4-8(17)16-3-5-9(13)6(11)2-7(12)10(5)14;1-14-5-10(16)15-4-6-2-8(12)9(13)3-7(6)11;1-14-5-9(16)15-4-6-7(11)2-3-8(12)10(6)13;1-13-6-10(15)14-5-7-2-3-8(11)9(12)4-7;1-10-7-9(13)12-6-8-2-4-11-5-3-8;1-10-7-9(13)12-6-8-4-2-3-5-11-8;1-6(2)4-9-7(10)5-8-3;1-7-5-6(9)8-3-4-10-2;1-5(2)8-6(9)4-7-3/h2H,3-4H2,(H,16,17);2*2-3H,4-5H2,(H,15,16);2-4H,5-6H2,(H,14,15);2*2-5H,6-7H2,(H,12,13);6H,4-5H2,1-2H3,(H,9,10);3-5H2,2H3,(H,8,9);5H,4H2,1-2H3,(H,8,9). The summed E-state index contributed by atoms with van der Waals surface area (Å²) in [6.45, 7) is 64.4. The van der Waals surface area contributed by atoms with Crippen molar-refractivity contribution < 1.29 is 101 Å². The van der Waals surface area contributed by atoms with Crippen molar-refractivity contribution in [2.24, 2.45) is 5.92 Å². The maximum absolute atomic E-state index is 13.1. The first kappa shape index (κ1) is 108. The van der Waals surface area contributed by atoms with Crippen LogP contribution in [0.1, 0.15) is 61.2 Å². The van der Waals surface area contributed by atoms with E-state index in [0.29, 0.717) is 62.5 Å². The maximum atomic E-state index is 13.1. The number of hydrogen-bond acceptors (Lipinski definition) is 12. The highest BCUT2D eigenvalue weighted by atomic mass is 19.2. The number of pyridine rings is 2. The number of carbonyl (C=O) groups is 9. The molecule has 9 N–H and O–H groups in total. The maximum Gasteiger partial charge on any atom is 0.300 e. The van der Waals surface area contributed by atoms with Gasteiger partial charge in [0.25, 0.3) is 106 Å². The van der Waals surface area contributed by atoms with Gasteiger partial charge >= 0.3 is 5.91 Å². The first-order chi connectivity index (χ1) is 56.5. The molecule has 2 heterocycles. The highest BCUT2D eigenvalue weighted by Gasteiger charge is 2.21. The number of nitrogens with zero attached hydrogens (tertiary/aromatic N) is 11. The predicted molar refractivity (Wildman–Crippen MR) is 404 cm³/mol. The van der Waals surface area contributed by atoms with Gasteiger partial charge in [-0.15, -0.1) is 0 Å². The summed E-state index contributed by atoms with van der Waals surface area (Å²) in [5.74, 6) is -18.1. The van der Waals surface area contributed by atoms with Crippen molar-refractivity contribution in [1.29, 1.82) is 0 Å². The van der Waals surface area contributed by atoms with Crippen LogP contribution >= 0.6 is 0 Å². The summed E-state index contributed by atoms with van der Waals surface area (Å²) in [6.07, 6.45) is 4.99. The summed E-state index contributed by atoms with van der Waals surface area (Å²) in [4.78, 5) is 131. The lowest BCUT2D eigenvalue weighted by Crippen LogP contribution is -2.31. The number of halogens is 12. The minimum absolute atomic E-state index is 0.0489. The second-order valence-electron chi connectivity index (χ2n) is 22.8. The zero-order valence-electron chi connectivity index (χ0n) is 64.2. The number of ether oxygens (including phenoxy) is 1. The van der Waals surface area contributed by atoms with E-state index < -0.39 is 131 Å². The summed E-state index contributed by atoms with van der Waals surface area (Å²) in [7, 11) is 1.56. The van der Waals surface area contributed by atoms with Gasteiger partial charge in [0.05, 0.1) is 18.8 Å². The quantitative estimate of drug-likeness (QED) is 0.0101. The van der Waals surface area contributed by atoms with Crippen molar-refractivity contribution in [3.8, 4) is 0 Å². The van der Waals surface area contributed by atoms with Crippen molar-refractivity contribution in [1.82, 2.24) is 57.8 Å². The molecule has 0 saturated heterocycles. The Hall–Kier alpha value is -15.1. The van der Waals surface area contributed by atoms with E-state index >= 15 is 0 Å². The molecule has 0 radical (unpaired) electrons. The van der Waals surface area contributed by atoms with E-state index in [4.69, 9.17) is 59.1 Å². The van der Waals surface area contributed by atoms with Gasteiger partial charge in [-0.05, 0) is 85.5 Å². The lowest BCUT2D eigenvalue weighted by molar-refractivity contribution is -0.120. The topological polar surface area (TPSA) is 336 Å². The van der Waals surface area contributed by atoms with Gasteiger partial charge in [0, 0.05) is 106 Å². The van der Waals surface area contributed by atoms with Crippen molar-refractivity contribution in [2.75, 3.05) is 85.7 Å². The monoisotopic (exact) mass is 1670 g/mol. The fourth-order valence-corrected chi connectivity index (χ4v) is 7.09. The minimum Gasteiger partial charge on any atom is -0.383 e. The Kier molecular flexibility index (Phi) is 60.3. The normalized spacial score (nSPS) is 9.23. The highest BCUT2D eigenvalue weighted by molar-refractivity contribution is 5.82. The molecule has 0 aliphatic carbocycles. The molecule has 0 aliphatic rings. The average molecular weight is 1670 g/mol. The van der Waals surface area contributed by atoms with E-state index in [9.17, 15) is 95.8 Å². The van der Waals surface area contributed by atoms with Crippen LogP contribution in [0.2, 0.25) is 0 Å². The third-order valence-electron chi connectivity index (χ3n) is 12.5. The van der Waals surface area contributed by atoms with Crippen LogP contribution in [0.25, 0.3) is 43.6 Å². The average Bonchev–Trinajstić information content (AvgIpc) is 0.631. The molecule has 9 amide bonds. The molecule has 42 heteroatoms. The number of carbonyl (C=O) groups excluding carboxylic acids is 9. The molecular formula is C77H78F12N20O10. The second kappa shape index (κ2) is 66.4. The molecule has 6 rings (SSSR count). The Morgan fingerprint density at radius 1 is 0.353 bits per heavy atom. The lowest BCUT2D eigenvalue weighted by Gasteiger charge is -2.06. The number of benzene rings is 4. The highest BCUT2D eigenvalue weighted by Crippen LogP contribution is 2.20. The SMILES string of the molecule is [C-]#[N+]CC(=O)NC(C)C.[C-]#[N+]CC(=O)NCC(C)C.[C-]#[N+]CC(=O)NCCOC.[C-]#[N+]CC(=O)NCc1c(F)c(F)cc(F)c1F.[C-]#[N+]CC(=O)NCc1c(F)ccc(F)c1F.[C-]#[N+]CC(=O)NCc1cc(F)c(F)cc1F.[C-]#[N+]CC(=O)NCc1ccc(F)c(F)c1.[C-]#[N+]CC(=O)NCc1ccccn1.[C-]#[N+]CC(=O)NCc1ccncc1. The van der Waals surface area contributed by atoms with Crippen LogP contribution in [0.3, 0.4) is 0 Å². The molecule has 0 unspecified atom stereocenters. The molecule has 119 heavy (non-hydrogen) atoms. The van der Waals surface area contributed by atoms with Crippen LogP contribution < -0.4 is 47.9 Å². The molecule has 0 atom stereocenters. The Balaban J connectivity index is -0.00000128. The molecule has 0 aliphatic heterocycles. The van der Waals surface area contributed by atoms with Gasteiger partial charge in [0.2, 0.25) is 0 Å². The number of nitrogens with one attached hydrogen (secondary N) is 9. The van der Waals surface area contributed by atoms with Crippen LogP contribution in [0.15, 0.2) is 97.5 Å². The summed E-state index contributed by atoms with van der Waals surface area (Å²) in [5.41, 5.74) is 0.581. The van der Waals surface area contributed by atoms with Gasteiger partial charge in [-0.2, -0.15) is 0 Å². The van der Waals surface area contributed by atoms with Crippen molar-refractivity contribution >= 4 is 53.2 Å². The lowest BCUT2D eigenvalue weighted by atomic mass is 10.1. The van der Waals surface area contributed by atoms with Crippen LogP contribution in [-0.2, 0) is 87.2 Å². The Labute approximate surface area is 677 Å².